The third-order valence-corrected chi connectivity index (χ3v) is 6.49. The molecule has 6 nitrogen and oxygen atoms in total. The number of fused-ring (bicyclic) bond motifs is 3. The number of rotatable bonds is 5. The van der Waals surface area contributed by atoms with E-state index in [4.69, 9.17) is 4.74 Å². The second-order valence-electron chi connectivity index (χ2n) is 8.39. The summed E-state index contributed by atoms with van der Waals surface area (Å²) in [4.78, 5) is 20.0. The molecule has 1 N–H and O–H groups in total. The number of piperidine rings is 3. The van der Waals surface area contributed by atoms with Crippen LogP contribution in [0.15, 0.2) is 30.3 Å². The maximum Gasteiger partial charge on any atom is 0.344 e. The number of piperazine rings is 1. The Bertz CT molecular complexity index is 646. The Labute approximate surface area is 173 Å². The molecule has 0 amide bonds. The highest BCUT2D eigenvalue weighted by molar-refractivity contribution is 5.85. The van der Waals surface area contributed by atoms with Crippen molar-refractivity contribution in [3.8, 4) is 0 Å². The Hall–Kier alpha value is -1.18. The van der Waals surface area contributed by atoms with Crippen LogP contribution in [0.25, 0.3) is 0 Å². The van der Waals surface area contributed by atoms with E-state index >= 15 is 0 Å². The Kier molecular flexibility index (Phi) is 6.99. The van der Waals surface area contributed by atoms with E-state index in [1.807, 2.05) is 30.3 Å². The van der Waals surface area contributed by atoms with Crippen molar-refractivity contribution in [2.75, 3.05) is 59.4 Å². The number of aliphatic hydroxyl groups is 1. The first kappa shape index (κ1) is 21.5. The van der Waals surface area contributed by atoms with Crippen LogP contribution in [0, 0.1) is 5.92 Å². The Morgan fingerprint density at radius 1 is 1.11 bits per heavy atom. The number of hydrogen-bond acceptors (Lipinski definition) is 6. The van der Waals surface area contributed by atoms with E-state index in [1.165, 1.54) is 0 Å². The van der Waals surface area contributed by atoms with Gasteiger partial charge in [-0.05, 0) is 44.5 Å². The molecular weight excluding hydrogens is 378 g/mol. The van der Waals surface area contributed by atoms with E-state index in [0.717, 1.165) is 58.7 Å². The zero-order chi connectivity index (χ0) is 18.9. The van der Waals surface area contributed by atoms with Gasteiger partial charge >= 0.3 is 5.97 Å². The fraction of sp³-hybridized carbons (Fsp3) is 0.667. The van der Waals surface area contributed by atoms with Gasteiger partial charge in [0.1, 0.15) is 6.10 Å². The van der Waals surface area contributed by atoms with Crippen molar-refractivity contribution in [2.45, 2.75) is 24.5 Å². The van der Waals surface area contributed by atoms with Crippen molar-refractivity contribution in [1.29, 1.82) is 0 Å². The molecule has 0 spiro atoms. The van der Waals surface area contributed by atoms with Gasteiger partial charge in [0.15, 0.2) is 5.60 Å². The Morgan fingerprint density at radius 2 is 1.75 bits per heavy atom. The quantitative estimate of drug-likeness (QED) is 0.737. The molecule has 4 fully saturated rings. The van der Waals surface area contributed by atoms with E-state index in [-0.39, 0.29) is 25.1 Å². The van der Waals surface area contributed by atoms with E-state index < -0.39 is 11.6 Å². The van der Waals surface area contributed by atoms with Crippen LogP contribution in [-0.4, -0.2) is 91.3 Å². The first-order valence-corrected chi connectivity index (χ1v) is 10.2. The van der Waals surface area contributed by atoms with Gasteiger partial charge in [0.2, 0.25) is 0 Å². The zero-order valence-electron chi connectivity index (χ0n) is 16.6. The van der Waals surface area contributed by atoms with Crippen LogP contribution in [0.5, 0.6) is 0 Å². The van der Waals surface area contributed by atoms with Gasteiger partial charge in [0.25, 0.3) is 0 Å². The summed E-state index contributed by atoms with van der Waals surface area (Å²) in [5.74, 6) is -0.0611. The van der Waals surface area contributed by atoms with Crippen LogP contribution in [0.2, 0.25) is 0 Å². The molecule has 0 saturated carbocycles. The lowest BCUT2D eigenvalue weighted by atomic mass is 9.85. The summed E-state index contributed by atoms with van der Waals surface area (Å²) >= 11 is 0. The van der Waals surface area contributed by atoms with Crippen LogP contribution in [0.4, 0.5) is 0 Å². The van der Waals surface area contributed by atoms with Gasteiger partial charge in [0.05, 0.1) is 0 Å². The molecule has 156 valence electrons. The summed E-state index contributed by atoms with van der Waals surface area (Å²) in [6, 6.07) is 9.29. The number of likely N-dealkylation sites (N-methyl/N-ethyl adjacent to an activating group) is 1. The van der Waals surface area contributed by atoms with Crippen molar-refractivity contribution >= 4 is 18.4 Å². The molecule has 0 aliphatic carbocycles. The van der Waals surface area contributed by atoms with Gasteiger partial charge in [-0.25, -0.2) is 4.79 Å². The van der Waals surface area contributed by atoms with E-state index in [9.17, 15) is 9.90 Å². The average molecular weight is 410 g/mol. The molecular formula is C21H32ClN3O3. The number of esters is 1. The SMILES string of the molecule is CN1CCN(CC(O)(C(=O)OC2CN3CCC2CC3)c2ccccc2)CC1.Cl. The summed E-state index contributed by atoms with van der Waals surface area (Å²) in [5, 5.41) is 11.5. The predicted molar refractivity (Wildman–Crippen MR) is 111 cm³/mol. The Morgan fingerprint density at radius 3 is 2.32 bits per heavy atom. The van der Waals surface area contributed by atoms with Gasteiger partial charge in [-0.15, -0.1) is 12.4 Å². The minimum atomic E-state index is -1.62. The molecule has 5 rings (SSSR count). The monoisotopic (exact) mass is 409 g/mol. The lowest BCUT2D eigenvalue weighted by Crippen LogP contribution is -2.56. The summed E-state index contributed by atoms with van der Waals surface area (Å²) in [7, 11) is 2.10. The molecule has 28 heavy (non-hydrogen) atoms. The van der Waals surface area contributed by atoms with Crippen LogP contribution in [0.1, 0.15) is 18.4 Å². The fourth-order valence-electron chi connectivity index (χ4n) is 4.60. The molecule has 7 heteroatoms. The van der Waals surface area contributed by atoms with Crippen molar-refractivity contribution in [2.24, 2.45) is 5.92 Å². The standard InChI is InChI=1S/C21H31N3O3.ClH/c1-22-11-13-24(14-12-22)16-21(26,18-5-3-2-4-6-18)20(25)27-19-15-23-9-7-17(19)8-10-23;/h2-6,17,19,26H,7-16H2,1H3;1H. The minimum absolute atomic E-state index is 0. The van der Waals surface area contributed by atoms with Crippen molar-refractivity contribution < 1.29 is 14.6 Å². The number of hydrogen-bond donors (Lipinski definition) is 1. The summed E-state index contributed by atoms with van der Waals surface area (Å²) in [6.07, 6.45) is 2.07. The highest BCUT2D eigenvalue weighted by atomic mass is 35.5. The van der Waals surface area contributed by atoms with E-state index in [0.29, 0.717) is 11.5 Å². The number of benzene rings is 1. The molecule has 1 aromatic carbocycles. The molecule has 4 aliphatic rings. The smallest absolute Gasteiger partial charge is 0.344 e. The third kappa shape index (κ3) is 4.52. The maximum atomic E-state index is 13.2. The molecule has 4 heterocycles. The van der Waals surface area contributed by atoms with E-state index in [1.54, 1.807) is 0 Å². The Balaban J connectivity index is 0.00000225. The highest BCUT2D eigenvalue weighted by Crippen LogP contribution is 2.32. The predicted octanol–water partition coefficient (Wildman–Crippen LogP) is 1.18. The molecule has 0 aromatic heterocycles. The molecule has 4 aliphatic heterocycles. The minimum Gasteiger partial charge on any atom is -0.458 e. The number of halogens is 1. The average Bonchev–Trinajstić information content (AvgIpc) is 2.71. The lowest BCUT2D eigenvalue weighted by molar-refractivity contribution is -0.184. The van der Waals surface area contributed by atoms with Crippen LogP contribution in [0.3, 0.4) is 0 Å². The van der Waals surface area contributed by atoms with Crippen LogP contribution >= 0.6 is 12.4 Å². The molecule has 2 bridgehead atoms. The number of carbonyl (C=O) groups excluding carboxylic acids is 1. The molecule has 2 atom stereocenters. The number of nitrogens with zero attached hydrogens (tertiary/aromatic N) is 3. The summed E-state index contributed by atoms with van der Waals surface area (Å²) < 4.78 is 5.94. The van der Waals surface area contributed by atoms with Crippen molar-refractivity contribution in [1.82, 2.24) is 14.7 Å². The van der Waals surface area contributed by atoms with Crippen molar-refractivity contribution in [3.63, 3.8) is 0 Å². The summed E-state index contributed by atoms with van der Waals surface area (Å²) in [5.41, 5.74) is -1.00. The normalized spacial score (nSPS) is 30.3. The molecule has 2 unspecified atom stereocenters. The number of ether oxygens (including phenoxy) is 1. The second kappa shape index (κ2) is 9.09. The van der Waals surface area contributed by atoms with Crippen LogP contribution < -0.4 is 0 Å². The van der Waals surface area contributed by atoms with Gasteiger partial charge in [-0.1, -0.05) is 30.3 Å². The maximum absolute atomic E-state index is 13.2. The van der Waals surface area contributed by atoms with Gasteiger partial charge < -0.3 is 14.7 Å². The fourth-order valence-corrected chi connectivity index (χ4v) is 4.60. The lowest BCUT2D eigenvalue weighted by Gasteiger charge is -2.45. The topological polar surface area (TPSA) is 56.3 Å². The van der Waals surface area contributed by atoms with E-state index in [2.05, 4.69) is 21.7 Å². The number of carbonyl (C=O) groups is 1. The summed E-state index contributed by atoms with van der Waals surface area (Å²) in [6.45, 7) is 6.86. The highest BCUT2D eigenvalue weighted by Gasteiger charge is 2.45. The molecule has 0 radical (unpaired) electrons. The molecule has 4 saturated heterocycles. The third-order valence-electron chi connectivity index (χ3n) is 6.49. The largest absolute Gasteiger partial charge is 0.458 e. The molecule has 1 aromatic rings. The van der Waals surface area contributed by atoms with Crippen LogP contribution in [-0.2, 0) is 15.1 Å². The van der Waals surface area contributed by atoms with Gasteiger partial charge in [0, 0.05) is 39.3 Å². The van der Waals surface area contributed by atoms with Crippen molar-refractivity contribution in [3.05, 3.63) is 35.9 Å². The first-order chi connectivity index (χ1) is 13.0. The number of β-amino-alcohol motifs (C(OH)–C–C–N with tert-alkyl or cyclic N) is 1. The first-order valence-electron chi connectivity index (χ1n) is 10.2. The second-order valence-corrected chi connectivity index (χ2v) is 8.39. The van der Waals surface area contributed by atoms with Gasteiger partial charge in [-0.3, -0.25) is 9.80 Å². The zero-order valence-corrected chi connectivity index (χ0v) is 17.4. The van der Waals surface area contributed by atoms with Gasteiger partial charge in [-0.2, -0.15) is 0 Å².